The van der Waals surface area contributed by atoms with Gasteiger partial charge in [-0.05, 0) is 36.4 Å². The molecule has 2 aromatic carbocycles. The summed E-state index contributed by atoms with van der Waals surface area (Å²) in [6, 6.07) is 14.8. The van der Waals surface area contributed by atoms with Gasteiger partial charge in [0, 0.05) is 0 Å². The fraction of sp³-hybridized carbons (Fsp3) is 0. The molecule has 0 aromatic heterocycles. The number of carbonyl (C=O) groups is 1. The van der Waals surface area contributed by atoms with Crippen molar-refractivity contribution in [2.45, 2.75) is 0 Å². The second kappa shape index (κ2) is 4.57. The van der Waals surface area contributed by atoms with Crippen LogP contribution in [0.4, 0.5) is 16.2 Å². The third kappa shape index (κ3) is 2.36. The third-order valence-corrected chi connectivity index (χ3v) is 2.31. The molecule has 0 radical (unpaired) electrons. The summed E-state index contributed by atoms with van der Waals surface area (Å²) in [6.07, 6.45) is -1.07. The van der Waals surface area contributed by atoms with Crippen molar-refractivity contribution in [3.8, 4) is 5.75 Å². The molecule has 0 atom stereocenters. The van der Waals surface area contributed by atoms with E-state index in [4.69, 9.17) is 0 Å². The Balaban J connectivity index is 2.43. The number of benzene rings is 2. The normalized spacial score (nSPS) is 9.88. The zero-order chi connectivity index (χ0) is 12.3. The van der Waals surface area contributed by atoms with E-state index in [-0.39, 0.29) is 5.75 Å². The SMILES string of the molecule is O=C(O)N(c1ccccc1)c1ccc(O)cc1. The number of hydrogen-bond acceptors (Lipinski definition) is 2. The molecule has 2 rings (SSSR count). The van der Waals surface area contributed by atoms with E-state index in [2.05, 4.69) is 0 Å². The van der Waals surface area contributed by atoms with Crippen molar-refractivity contribution in [3.05, 3.63) is 54.6 Å². The Morgan fingerprint density at radius 3 is 1.94 bits per heavy atom. The number of amides is 1. The molecule has 0 aliphatic carbocycles. The van der Waals surface area contributed by atoms with Gasteiger partial charge in [0.05, 0.1) is 11.4 Å². The van der Waals surface area contributed by atoms with Crippen molar-refractivity contribution in [3.63, 3.8) is 0 Å². The maximum absolute atomic E-state index is 11.2. The molecule has 0 fully saturated rings. The lowest BCUT2D eigenvalue weighted by molar-refractivity contribution is 0.205. The molecule has 0 bridgehead atoms. The summed E-state index contributed by atoms with van der Waals surface area (Å²) in [6.45, 7) is 0. The van der Waals surface area contributed by atoms with E-state index < -0.39 is 6.09 Å². The van der Waals surface area contributed by atoms with Gasteiger partial charge in [0.15, 0.2) is 0 Å². The number of phenolic OH excluding ortho intramolecular Hbond substituents is 1. The van der Waals surface area contributed by atoms with Gasteiger partial charge in [-0.25, -0.2) is 9.69 Å². The van der Waals surface area contributed by atoms with Crippen LogP contribution in [0.5, 0.6) is 5.75 Å². The summed E-state index contributed by atoms with van der Waals surface area (Å²) in [5.74, 6) is 0.104. The molecule has 0 saturated heterocycles. The van der Waals surface area contributed by atoms with Crippen molar-refractivity contribution < 1.29 is 15.0 Å². The quantitative estimate of drug-likeness (QED) is 0.831. The molecule has 0 heterocycles. The molecule has 4 heteroatoms. The molecule has 0 aliphatic heterocycles. The Hall–Kier alpha value is -2.49. The van der Waals surface area contributed by atoms with Crippen LogP contribution in [0.15, 0.2) is 54.6 Å². The molecule has 4 nitrogen and oxygen atoms in total. The van der Waals surface area contributed by atoms with Crippen LogP contribution < -0.4 is 4.90 Å². The van der Waals surface area contributed by atoms with E-state index in [0.717, 1.165) is 4.90 Å². The predicted octanol–water partition coefficient (Wildman–Crippen LogP) is 3.21. The minimum absolute atomic E-state index is 0.104. The highest BCUT2D eigenvalue weighted by atomic mass is 16.4. The average Bonchev–Trinajstić information content (AvgIpc) is 2.33. The van der Waals surface area contributed by atoms with E-state index in [9.17, 15) is 15.0 Å². The zero-order valence-corrected chi connectivity index (χ0v) is 8.95. The van der Waals surface area contributed by atoms with Gasteiger partial charge in [-0.3, -0.25) is 0 Å². The van der Waals surface area contributed by atoms with Crippen LogP contribution in [0.1, 0.15) is 0 Å². The van der Waals surface area contributed by atoms with Gasteiger partial charge < -0.3 is 10.2 Å². The number of phenols is 1. The average molecular weight is 229 g/mol. The van der Waals surface area contributed by atoms with E-state index in [0.29, 0.717) is 11.4 Å². The van der Waals surface area contributed by atoms with E-state index in [1.165, 1.54) is 12.1 Å². The Morgan fingerprint density at radius 2 is 1.41 bits per heavy atom. The smallest absolute Gasteiger partial charge is 0.416 e. The van der Waals surface area contributed by atoms with Gasteiger partial charge in [-0.1, -0.05) is 18.2 Å². The molecule has 0 spiro atoms. The van der Waals surface area contributed by atoms with Gasteiger partial charge in [0.25, 0.3) is 0 Å². The van der Waals surface area contributed by atoms with Crippen molar-refractivity contribution in [1.29, 1.82) is 0 Å². The maximum Gasteiger partial charge on any atom is 0.416 e. The Morgan fingerprint density at radius 1 is 0.882 bits per heavy atom. The highest BCUT2D eigenvalue weighted by Crippen LogP contribution is 2.26. The van der Waals surface area contributed by atoms with Crippen LogP contribution in [0.25, 0.3) is 0 Å². The number of rotatable bonds is 2. The molecule has 1 amide bonds. The summed E-state index contributed by atoms with van der Waals surface area (Å²) in [4.78, 5) is 12.4. The minimum atomic E-state index is -1.07. The number of anilines is 2. The zero-order valence-electron chi connectivity index (χ0n) is 8.95. The monoisotopic (exact) mass is 229 g/mol. The lowest BCUT2D eigenvalue weighted by atomic mass is 10.2. The summed E-state index contributed by atoms with van der Waals surface area (Å²) in [5, 5.41) is 18.4. The number of nitrogens with zero attached hydrogens (tertiary/aromatic N) is 1. The van der Waals surface area contributed by atoms with Gasteiger partial charge >= 0.3 is 6.09 Å². The van der Waals surface area contributed by atoms with Crippen LogP contribution in [-0.4, -0.2) is 16.3 Å². The molecule has 2 N–H and O–H groups in total. The van der Waals surface area contributed by atoms with Gasteiger partial charge in [0.1, 0.15) is 5.75 Å². The van der Waals surface area contributed by atoms with Crippen molar-refractivity contribution in [2.24, 2.45) is 0 Å². The first kappa shape index (κ1) is 11.0. The lowest BCUT2D eigenvalue weighted by Crippen LogP contribution is -2.23. The van der Waals surface area contributed by atoms with Gasteiger partial charge in [-0.2, -0.15) is 0 Å². The van der Waals surface area contributed by atoms with Crippen molar-refractivity contribution in [1.82, 2.24) is 0 Å². The first-order valence-electron chi connectivity index (χ1n) is 5.05. The van der Waals surface area contributed by atoms with E-state index in [1.807, 2.05) is 6.07 Å². The largest absolute Gasteiger partial charge is 0.508 e. The second-order valence-corrected chi connectivity index (χ2v) is 3.47. The molecule has 0 aliphatic rings. The maximum atomic E-state index is 11.2. The number of carboxylic acid groups (broad SMARTS) is 1. The minimum Gasteiger partial charge on any atom is -0.508 e. The number of para-hydroxylation sites is 1. The molecule has 17 heavy (non-hydrogen) atoms. The summed E-state index contributed by atoms with van der Waals surface area (Å²) < 4.78 is 0. The molecule has 2 aromatic rings. The van der Waals surface area contributed by atoms with Crippen molar-refractivity contribution >= 4 is 17.5 Å². The topological polar surface area (TPSA) is 60.8 Å². The Labute approximate surface area is 98.4 Å². The summed E-state index contributed by atoms with van der Waals surface area (Å²) >= 11 is 0. The molecular weight excluding hydrogens is 218 g/mol. The van der Waals surface area contributed by atoms with E-state index in [1.54, 1.807) is 36.4 Å². The van der Waals surface area contributed by atoms with Crippen LogP contribution in [-0.2, 0) is 0 Å². The Kier molecular flexibility index (Phi) is 2.96. The summed E-state index contributed by atoms with van der Waals surface area (Å²) in [7, 11) is 0. The van der Waals surface area contributed by atoms with Gasteiger partial charge in [-0.15, -0.1) is 0 Å². The van der Waals surface area contributed by atoms with Crippen LogP contribution in [0.3, 0.4) is 0 Å². The molecule has 86 valence electrons. The lowest BCUT2D eigenvalue weighted by Gasteiger charge is -2.19. The highest BCUT2D eigenvalue weighted by Gasteiger charge is 2.15. The standard InChI is InChI=1S/C13H11NO3/c15-12-8-6-11(7-9-12)14(13(16)17)10-4-2-1-3-5-10/h1-9,15H,(H,16,17). The predicted molar refractivity (Wildman–Crippen MR) is 64.7 cm³/mol. The van der Waals surface area contributed by atoms with Gasteiger partial charge in [0.2, 0.25) is 0 Å². The fourth-order valence-corrected chi connectivity index (χ4v) is 1.55. The third-order valence-electron chi connectivity index (χ3n) is 2.31. The van der Waals surface area contributed by atoms with Crippen molar-refractivity contribution in [2.75, 3.05) is 4.90 Å². The first-order valence-corrected chi connectivity index (χ1v) is 5.05. The number of hydrogen-bond donors (Lipinski definition) is 2. The molecule has 0 saturated carbocycles. The van der Waals surface area contributed by atoms with Crippen LogP contribution in [0.2, 0.25) is 0 Å². The van der Waals surface area contributed by atoms with Crippen LogP contribution in [0, 0.1) is 0 Å². The number of aromatic hydroxyl groups is 1. The first-order chi connectivity index (χ1) is 8.18. The van der Waals surface area contributed by atoms with E-state index >= 15 is 0 Å². The van der Waals surface area contributed by atoms with Crippen LogP contribution >= 0.6 is 0 Å². The second-order valence-electron chi connectivity index (χ2n) is 3.47. The fourth-order valence-electron chi connectivity index (χ4n) is 1.55. The highest BCUT2D eigenvalue weighted by molar-refractivity contribution is 5.94. The molecule has 0 unspecified atom stereocenters. The Bertz CT molecular complexity index is 508. The molecular formula is C13H11NO3. The summed E-state index contributed by atoms with van der Waals surface area (Å²) in [5.41, 5.74) is 1.05.